The van der Waals surface area contributed by atoms with E-state index in [0.717, 1.165) is 18.4 Å². The van der Waals surface area contributed by atoms with Gasteiger partial charge in [-0.2, -0.15) is 10.1 Å². The number of aromatic nitrogens is 4. The SMILES string of the molecule is O=C(NCCCc1cnc2ncnn2c1)Nc1cccc(Cl)c1. The lowest BCUT2D eigenvalue weighted by Gasteiger charge is -2.08. The van der Waals surface area contributed by atoms with Gasteiger partial charge in [-0.1, -0.05) is 17.7 Å². The molecule has 0 aliphatic carbocycles. The van der Waals surface area contributed by atoms with E-state index in [1.807, 2.05) is 6.20 Å². The van der Waals surface area contributed by atoms with E-state index < -0.39 is 0 Å². The van der Waals surface area contributed by atoms with E-state index in [1.54, 1.807) is 35.0 Å². The molecule has 2 amide bonds. The third-order valence-electron chi connectivity index (χ3n) is 3.20. The number of nitrogens with zero attached hydrogens (tertiary/aromatic N) is 4. The number of hydrogen-bond donors (Lipinski definition) is 2. The Hall–Kier alpha value is -2.67. The molecule has 2 aromatic heterocycles. The smallest absolute Gasteiger partial charge is 0.319 e. The second-order valence-corrected chi connectivity index (χ2v) is 5.40. The van der Waals surface area contributed by atoms with Gasteiger partial charge in [0.1, 0.15) is 6.33 Å². The van der Waals surface area contributed by atoms with Crippen LogP contribution in [0.3, 0.4) is 0 Å². The van der Waals surface area contributed by atoms with Crippen LogP contribution in [0.2, 0.25) is 5.02 Å². The minimum absolute atomic E-state index is 0.253. The maximum Gasteiger partial charge on any atom is 0.319 e. The highest BCUT2D eigenvalue weighted by molar-refractivity contribution is 6.30. The summed E-state index contributed by atoms with van der Waals surface area (Å²) in [5, 5.41) is 10.2. The van der Waals surface area contributed by atoms with E-state index in [2.05, 4.69) is 25.7 Å². The molecule has 23 heavy (non-hydrogen) atoms. The van der Waals surface area contributed by atoms with Crippen molar-refractivity contribution in [3.63, 3.8) is 0 Å². The number of hydrogen-bond acceptors (Lipinski definition) is 4. The van der Waals surface area contributed by atoms with Crippen LogP contribution in [0.25, 0.3) is 5.78 Å². The fraction of sp³-hybridized carbons (Fsp3) is 0.200. The summed E-state index contributed by atoms with van der Waals surface area (Å²) < 4.78 is 1.63. The highest BCUT2D eigenvalue weighted by Gasteiger charge is 2.03. The fourth-order valence-corrected chi connectivity index (χ4v) is 2.31. The van der Waals surface area contributed by atoms with Gasteiger partial charge in [0.15, 0.2) is 0 Å². The van der Waals surface area contributed by atoms with Crippen LogP contribution in [-0.4, -0.2) is 32.2 Å². The van der Waals surface area contributed by atoms with Crippen molar-refractivity contribution in [1.29, 1.82) is 0 Å². The Labute approximate surface area is 137 Å². The molecule has 0 unspecified atom stereocenters. The number of anilines is 1. The third-order valence-corrected chi connectivity index (χ3v) is 3.43. The Balaban J connectivity index is 1.43. The number of aryl methyl sites for hydroxylation is 1. The number of amides is 2. The van der Waals surface area contributed by atoms with Crippen molar-refractivity contribution in [1.82, 2.24) is 24.9 Å². The molecule has 1 aromatic carbocycles. The Morgan fingerprint density at radius 2 is 2.22 bits per heavy atom. The molecule has 8 heteroatoms. The molecule has 118 valence electrons. The van der Waals surface area contributed by atoms with Gasteiger partial charge < -0.3 is 10.6 Å². The van der Waals surface area contributed by atoms with Crippen molar-refractivity contribution in [2.24, 2.45) is 0 Å². The lowest BCUT2D eigenvalue weighted by molar-refractivity contribution is 0.252. The van der Waals surface area contributed by atoms with Gasteiger partial charge in [0.05, 0.1) is 0 Å². The minimum Gasteiger partial charge on any atom is -0.338 e. The molecular weight excluding hydrogens is 316 g/mol. The predicted molar refractivity (Wildman–Crippen MR) is 87.6 cm³/mol. The zero-order valence-electron chi connectivity index (χ0n) is 12.2. The highest BCUT2D eigenvalue weighted by Crippen LogP contribution is 2.14. The summed E-state index contributed by atoms with van der Waals surface area (Å²) in [6.45, 7) is 0.557. The standard InChI is InChI=1S/C15H15ClN6O/c16-12-4-1-5-13(7-12)21-15(23)17-6-2-3-11-8-18-14-19-10-20-22(14)9-11/h1,4-5,7-10H,2-3,6H2,(H2,17,21,23). The largest absolute Gasteiger partial charge is 0.338 e. The van der Waals surface area contributed by atoms with E-state index in [4.69, 9.17) is 11.6 Å². The Kier molecular flexibility index (Phi) is 4.68. The predicted octanol–water partition coefficient (Wildman–Crippen LogP) is 2.53. The third kappa shape index (κ3) is 4.17. The number of halogens is 1. The number of rotatable bonds is 5. The average Bonchev–Trinajstić information content (AvgIpc) is 2.99. The lowest BCUT2D eigenvalue weighted by Crippen LogP contribution is -2.29. The molecule has 0 aliphatic heterocycles. The quantitative estimate of drug-likeness (QED) is 0.704. The van der Waals surface area contributed by atoms with E-state index in [1.165, 1.54) is 6.33 Å². The summed E-state index contributed by atoms with van der Waals surface area (Å²) in [5.74, 6) is 0.577. The van der Waals surface area contributed by atoms with Gasteiger partial charge in [0.25, 0.3) is 5.78 Å². The Morgan fingerprint density at radius 3 is 3.09 bits per heavy atom. The number of urea groups is 1. The zero-order valence-corrected chi connectivity index (χ0v) is 13.0. The van der Waals surface area contributed by atoms with Crippen molar-refractivity contribution in [2.75, 3.05) is 11.9 Å². The second-order valence-electron chi connectivity index (χ2n) is 4.96. The van der Waals surface area contributed by atoms with Crippen LogP contribution in [0.4, 0.5) is 10.5 Å². The highest BCUT2D eigenvalue weighted by atomic mass is 35.5. The first-order valence-electron chi connectivity index (χ1n) is 7.15. The summed E-state index contributed by atoms with van der Waals surface area (Å²) >= 11 is 5.87. The molecular formula is C15H15ClN6O. The van der Waals surface area contributed by atoms with Gasteiger partial charge in [-0.05, 0) is 36.6 Å². The molecule has 2 heterocycles. The van der Waals surface area contributed by atoms with E-state index >= 15 is 0 Å². The van der Waals surface area contributed by atoms with Crippen LogP contribution in [-0.2, 0) is 6.42 Å². The van der Waals surface area contributed by atoms with Crippen molar-refractivity contribution in [3.8, 4) is 0 Å². The minimum atomic E-state index is -0.253. The number of nitrogens with one attached hydrogen (secondary N) is 2. The summed E-state index contributed by atoms with van der Waals surface area (Å²) in [4.78, 5) is 20.0. The van der Waals surface area contributed by atoms with Crippen LogP contribution < -0.4 is 10.6 Å². The van der Waals surface area contributed by atoms with E-state index in [9.17, 15) is 4.79 Å². The van der Waals surface area contributed by atoms with Crippen LogP contribution in [0.5, 0.6) is 0 Å². The van der Waals surface area contributed by atoms with Crippen molar-refractivity contribution >= 4 is 29.1 Å². The fourth-order valence-electron chi connectivity index (χ4n) is 2.12. The first-order chi connectivity index (χ1) is 11.2. The van der Waals surface area contributed by atoms with Crippen molar-refractivity contribution in [2.45, 2.75) is 12.8 Å². The number of carbonyl (C=O) groups is 1. The second kappa shape index (κ2) is 7.06. The van der Waals surface area contributed by atoms with E-state index in [0.29, 0.717) is 23.0 Å². The number of benzene rings is 1. The van der Waals surface area contributed by atoms with Crippen LogP contribution >= 0.6 is 11.6 Å². The number of fused-ring (bicyclic) bond motifs is 1. The first kappa shape index (κ1) is 15.2. The Morgan fingerprint density at radius 1 is 1.30 bits per heavy atom. The van der Waals surface area contributed by atoms with Crippen molar-refractivity contribution in [3.05, 3.63) is 53.6 Å². The molecule has 0 atom stereocenters. The lowest BCUT2D eigenvalue weighted by atomic mass is 10.2. The molecule has 3 aromatic rings. The molecule has 0 saturated carbocycles. The van der Waals surface area contributed by atoms with Gasteiger partial charge in [0, 0.05) is 29.6 Å². The van der Waals surface area contributed by atoms with Gasteiger partial charge in [-0.25, -0.2) is 14.3 Å². The van der Waals surface area contributed by atoms with Crippen LogP contribution in [0, 0.1) is 0 Å². The maximum absolute atomic E-state index is 11.8. The van der Waals surface area contributed by atoms with Crippen molar-refractivity contribution < 1.29 is 4.79 Å². The molecule has 0 saturated heterocycles. The molecule has 0 spiro atoms. The van der Waals surface area contributed by atoms with Gasteiger partial charge >= 0.3 is 6.03 Å². The molecule has 2 N–H and O–H groups in total. The Bertz CT molecular complexity index is 818. The molecule has 0 fully saturated rings. The molecule has 3 rings (SSSR count). The first-order valence-corrected chi connectivity index (χ1v) is 7.53. The monoisotopic (exact) mass is 330 g/mol. The molecule has 0 aliphatic rings. The number of carbonyl (C=O) groups excluding carboxylic acids is 1. The zero-order chi connectivity index (χ0) is 16.1. The molecule has 7 nitrogen and oxygen atoms in total. The van der Waals surface area contributed by atoms with Gasteiger partial charge in [-0.15, -0.1) is 0 Å². The topological polar surface area (TPSA) is 84.2 Å². The van der Waals surface area contributed by atoms with Crippen LogP contribution in [0.15, 0.2) is 43.0 Å². The summed E-state index contributed by atoms with van der Waals surface area (Å²) in [6, 6.07) is 6.76. The van der Waals surface area contributed by atoms with Crippen LogP contribution in [0.1, 0.15) is 12.0 Å². The van der Waals surface area contributed by atoms with Gasteiger partial charge in [-0.3, -0.25) is 0 Å². The summed E-state index contributed by atoms with van der Waals surface area (Å²) in [6.07, 6.45) is 6.72. The summed E-state index contributed by atoms with van der Waals surface area (Å²) in [5.41, 5.74) is 1.70. The maximum atomic E-state index is 11.8. The summed E-state index contributed by atoms with van der Waals surface area (Å²) in [7, 11) is 0. The van der Waals surface area contributed by atoms with E-state index in [-0.39, 0.29) is 6.03 Å². The average molecular weight is 331 g/mol. The molecule has 0 radical (unpaired) electrons. The van der Waals surface area contributed by atoms with Gasteiger partial charge in [0.2, 0.25) is 0 Å². The normalized spacial score (nSPS) is 10.7. The molecule has 0 bridgehead atoms.